The first-order valence-corrected chi connectivity index (χ1v) is 9.59. The Labute approximate surface area is 156 Å². The molecule has 2 aromatic rings. The van der Waals surface area contributed by atoms with Gasteiger partial charge in [-0.3, -0.25) is 0 Å². The van der Waals surface area contributed by atoms with Gasteiger partial charge >= 0.3 is 0 Å². The Morgan fingerprint density at radius 2 is 2.12 bits per heavy atom. The standard InChI is InChI=1S/C17H24BrN5S/c1-5-19-16(20-10-13-11-24-17(22-13)23(3)4)21-12(2)14-8-6-7-9-15(14)18/h6-9,11-12H,5,10H2,1-4H3,(H2,19,20,21). The second kappa shape index (κ2) is 9.03. The summed E-state index contributed by atoms with van der Waals surface area (Å²) in [6, 6.07) is 8.36. The van der Waals surface area contributed by atoms with Crippen molar-refractivity contribution >= 4 is 38.4 Å². The molecule has 0 saturated carbocycles. The number of hydrogen-bond acceptors (Lipinski definition) is 4. The fourth-order valence-electron chi connectivity index (χ4n) is 2.16. The Kier molecular flexibility index (Phi) is 7.05. The number of rotatable bonds is 6. The molecule has 0 spiro atoms. The fraction of sp³-hybridized carbons (Fsp3) is 0.412. The van der Waals surface area contributed by atoms with Crippen molar-refractivity contribution in [1.82, 2.24) is 15.6 Å². The molecule has 0 radical (unpaired) electrons. The lowest BCUT2D eigenvalue weighted by molar-refractivity contribution is 0.683. The van der Waals surface area contributed by atoms with E-state index in [0.717, 1.165) is 27.8 Å². The maximum atomic E-state index is 4.66. The number of benzene rings is 1. The second-order valence-corrected chi connectivity index (χ2v) is 7.29. The van der Waals surface area contributed by atoms with Gasteiger partial charge in [0.15, 0.2) is 11.1 Å². The number of aliphatic imine (C=N–C) groups is 1. The summed E-state index contributed by atoms with van der Waals surface area (Å²) < 4.78 is 1.09. The van der Waals surface area contributed by atoms with Crippen LogP contribution < -0.4 is 15.5 Å². The van der Waals surface area contributed by atoms with E-state index in [1.165, 1.54) is 5.56 Å². The molecule has 2 N–H and O–H groups in total. The molecule has 1 heterocycles. The van der Waals surface area contributed by atoms with E-state index >= 15 is 0 Å². The second-order valence-electron chi connectivity index (χ2n) is 5.60. The monoisotopic (exact) mass is 409 g/mol. The number of halogens is 1. The first-order valence-electron chi connectivity index (χ1n) is 7.92. The van der Waals surface area contributed by atoms with Crippen LogP contribution in [0.3, 0.4) is 0 Å². The van der Waals surface area contributed by atoms with Gasteiger partial charge in [0, 0.05) is 30.5 Å². The summed E-state index contributed by atoms with van der Waals surface area (Å²) in [5.41, 5.74) is 2.18. The number of nitrogens with one attached hydrogen (secondary N) is 2. The summed E-state index contributed by atoms with van der Waals surface area (Å²) in [5.74, 6) is 0.792. The fourth-order valence-corrected chi connectivity index (χ4v) is 3.54. The van der Waals surface area contributed by atoms with Crippen LogP contribution in [0.5, 0.6) is 0 Å². The molecule has 0 fully saturated rings. The van der Waals surface area contributed by atoms with Crippen molar-refractivity contribution < 1.29 is 0 Å². The summed E-state index contributed by atoms with van der Waals surface area (Å²) in [5, 5.41) is 9.80. The quantitative estimate of drug-likeness (QED) is 0.562. The average Bonchev–Trinajstić information content (AvgIpc) is 3.02. The van der Waals surface area contributed by atoms with Crippen molar-refractivity contribution in [1.29, 1.82) is 0 Å². The first kappa shape index (κ1) is 18.7. The third-order valence-electron chi connectivity index (χ3n) is 3.39. The van der Waals surface area contributed by atoms with E-state index in [4.69, 9.17) is 0 Å². The lowest BCUT2D eigenvalue weighted by Crippen LogP contribution is -2.38. The Morgan fingerprint density at radius 1 is 1.38 bits per heavy atom. The van der Waals surface area contributed by atoms with Crippen LogP contribution in [0.4, 0.5) is 5.13 Å². The van der Waals surface area contributed by atoms with E-state index in [0.29, 0.717) is 6.54 Å². The van der Waals surface area contributed by atoms with Crippen molar-refractivity contribution in [3.63, 3.8) is 0 Å². The molecule has 1 aromatic carbocycles. The van der Waals surface area contributed by atoms with Crippen LogP contribution in [0.1, 0.15) is 31.1 Å². The lowest BCUT2D eigenvalue weighted by atomic mass is 10.1. The number of anilines is 1. The van der Waals surface area contributed by atoms with Gasteiger partial charge < -0.3 is 15.5 Å². The third-order valence-corrected chi connectivity index (χ3v) is 5.17. The van der Waals surface area contributed by atoms with Crippen LogP contribution in [-0.4, -0.2) is 31.6 Å². The SMILES string of the molecule is CCNC(=NCc1csc(N(C)C)n1)NC(C)c1ccccc1Br. The summed E-state index contributed by atoms with van der Waals surface area (Å²) >= 11 is 5.24. The molecule has 1 aromatic heterocycles. The number of aromatic nitrogens is 1. The van der Waals surface area contributed by atoms with Crippen molar-refractivity contribution in [2.24, 2.45) is 4.99 Å². The highest BCUT2D eigenvalue weighted by Crippen LogP contribution is 2.22. The van der Waals surface area contributed by atoms with E-state index in [-0.39, 0.29) is 6.04 Å². The molecule has 0 aliphatic heterocycles. The molecule has 0 saturated heterocycles. The number of guanidine groups is 1. The maximum absolute atomic E-state index is 4.66. The minimum Gasteiger partial charge on any atom is -0.357 e. The molecule has 0 amide bonds. The molecule has 0 bridgehead atoms. The topological polar surface area (TPSA) is 52.6 Å². The summed E-state index contributed by atoms with van der Waals surface area (Å²) in [4.78, 5) is 11.2. The number of thiazole rings is 1. The molecule has 7 heteroatoms. The Hall–Kier alpha value is -1.60. The van der Waals surface area contributed by atoms with Gasteiger partial charge in [-0.05, 0) is 25.5 Å². The van der Waals surface area contributed by atoms with E-state index in [1.807, 2.05) is 31.1 Å². The van der Waals surface area contributed by atoms with Gasteiger partial charge in [-0.2, -0.15) is 0 Å². The van der Waals surface area contributed by atoms with Crippen LogP contribution in [-0.2, 0) is 6.54 Å². The number of hydrogen-bond donors (Lipinski definition) is 2. The zero-order valence-corrected chi connectivity index (χ0v) is 16.9. The molecule has 1 unspecified atom stereocenters. The zero-order valence-electron chi connectivity index (χ0n) is 14.5. The lowest BCUT2D eigenvalue weighted by Gasteiger charge is -2.19. The van der Waals surface area contributed by atoms with Crippen LogP contribution in [0.15, 0.2) is 39.1 Å². The molecular formula is C17H24BrN5S. The smallest absolute Gasteiger partial charge is 0.192 e. The van der Waals surface area contributed by atoms with Crippen molar-refractivity contribution in [3.05, 3.63) is 45.4 Å². The van der Waals surface area contributed by atoms with E-state index < -0.39 is 0 Å². The Balaban J connectivity index is 2.06. The molecule has 24 heavy (non-hydrogen) atoms. The Morgan fingerprint density at radius 3 is 2.75 bits per heavy atom. The van der Waals surface area contributed by atoms with Gasteiger partial charge in [-0.1, -0.05) is 34.1 Å². The summed E-state index contributed by atoms with van der Waals surface area (Å²) in [6.07, 6.45) is 0. The molecule has 0 aliphatic carbocycles. The highest BCUT2D eigenvalue weighted by atomic mass is 79.9. The van der Waals surface area contributed by atoms with Gasteiger partial charge in [0.05, 0.1) is 18.3 Å². The van der Waals surface area contributed by atoms with Gasteiger partial charge in [-0.15, -0.1) is 11.3 Å². The largest absolute Gasteiger partial charge is 0.357 e. The minimum absolute atomic E-state index is 0.145. The first-order chi connectivity index (χ1) is 11.5. The van der Waals surface area contributed by atoms with E-state index in [2.05, 4.69) is 67.9 Å². The van der Waals surface area contributed by atoms with E-state index in [1.54, 1.807) is 11.3 Å². The highest BCUT2D eigenvalue weighted by molar-refractivity contribution is 9.10. The van der Waals surface area contributed by atoms with Gasteiger partial charge in [0.2, 0.25) is 0 Å². The Bertz CT molecular complexity index is 683. The maximum Gasteiger partial charge on any atom is 0.192 e. The van der Waals surface area contributed by atoms with Crippen molar-refractivity contribution in [3.8, 4) is 0 Å². The van der Waals surface area contributed by atoms with Crippen LogP contribution in [0.2, 0.25) is 0 Å². The minimum atomic E-state index is 0.145. The van der Waals surface area contributed by atoms with Crippen molar-refractivity contribution in [2.75, 3.05) is 25.5 Å². The molecule has 5 nitrogen and oxygen atoms in total. The van der Waals surface area contributed by atoms with Crippen LogP contribution in [0, 0.1) is 0 Å². The molecule has 0 aliphatic rings. The van der Waals surface area contributed by atoms with Crippen LogP contribution >= 0.6 is 27.3 Å². The van der Waals surface area contributed by atoms with Crippen LogP contribution in [0.25, 0.3) is 0 Å². The molecule has 130 valence electrons. The predicted octanol–water partition coefficient (Wildman–Crippen LogP) is 3.79. The average molecular weight is 410 g/mol. The van der Waals surface area contributed by atoms with Crippen molar-refractivity contribution in [2.45, 2.75) is 26.4 Å². The third kappa shape index (κ3) is 5.21. The van der Waals surface area contributed by atoms with E-state index in [9.17, 15) is 0 Å². The highest BCUT2D eigenvalue weighted by Gasteiger charge is 2.11. The van der Waals surface area contributed by atoms with Gasteiger partial charge in [-0.25, -0.2) is 9.98 Å². The summed E-state index contributed by atoms with van der Waals surface area (Å²) in [6.45, 7) is 5.56. The molecule has 1 atom stereocenters. The van der Waals surface area contributed by atoms with Gasteiger partial charge in [0.25, 0.3) is 0 Å². The predicted molar refractivity (Wildman–Crippen MR) is 107 cm³/mol. The van der Waals surface area contributed by atoms with Gasteiger partial charge in [0.1, 0.15) is 0 Å². The molecule has 2 rings (SSSR count). The number of nitrogens with zero attached hydrogens (tertiary/aromatic N) is 3. The zero-order chi connectivity index (χ0) is 17.5. The summed E-state index contributed by atoms with van der Waals surface area (Å²) in [7, 11) is 3.99. The normalized spacial score (nSPS) is 12.8. The molecular weight excluding hydrogens is 386 g/mol.